The minimum atomic E-state index is 0.0462. The molecule has 0 aliphatic carbocycles. The van der Waals surface area contributed by atoms with Crippen LogP contribution in [0.5, 0.6) is 5.88 Å². The Morgan fingerprint density at radius 3 is 2.74 bits per heavy atom. The summed E-state index contributed by atoms with van der Waals surface area (Å²) in [5.74, 6) is 0.553. The topological polar surface area (TPSA) is 67.3 Å². The van der Waals surface area contributed by atoms with Crippen molar-refractivity contribution in [1.29, 1.82) is 0 Å². The van der Waals surface area contributed by atoms with Crippen LogP contribution in [-0.2, 0) is 13.0 Å². The van der Waals surface area contributed by atoms with Gasteiger partial charge < -0.3 is 14.4 Å². The molecule has 0 radical (unpaired) electrons. The fourth-order valence-corrected chi connectivity index (χ4v) is 6.02. The van der Waals surface area contributed by atoms with E-state index in [-0.39, 0.29) is 5.91 Å². The standard InChI is InChI=1S/C31H24N4O2S/c1-37-30-29-16-23(17-33-30)20-7-8-28-27(15-20)26(9-11-32-28)21-6-5-19-10-12-35(18-24(19)13-21)31(36)22-3-2-4-25(14-22)38-34-29/h2-9,11,13-17,34H,10,12,18H2,1H3. The highest BCUT2D eigenvalue weighted by Gasteiger charge is 2.23. The number of carbonyl (C=O) groups is 1. The summed E-state index contributed by atoms with van der Waals surface area (Å²) in [5, 5.41) is 1.07. The van der Waals surface area contributed by atoms with Crippen molar-refractivity contribution in [1.82, 2.24) is 14.9 Å². The Balaban J connectivity index is 1.44. The number of fused-ring (bicyclic) bond motifs is 9. The van der Waals surface area contributed by atoms with Crippen LogP contribution in [0.4, 0.5) is 5.69 Å². The van der Waals surface area contributed by atoms with Crippen molar-refractivity contribution in [3.63, 3.8) is 0 Å². The van der Waals surface area contributed by atoms with Gasteiger partial charge in [-0.3, -0.25) is 9.78 Å². The predicted molar refractivity (Wildman–Crippen MR) is 151 cm³/mol. The monoisotopic (exact) mass is 516 g/mol. The molecule has 2 aromatic heterocycles. The third-order valence-corrected chi connectivity index (χ3v) is 8.11. The van der Waals surface area contributed by atoms with E-state index in [1.165, 1.54) is 23.1 Å². The second-order valence-corrected chi connectivity index (χ2v) is 10.4. The van der Waals surface area contributed by atoms with Crippen LogP contribution in [0.3, 0.4) is 0 Å². The number of amides is 1. The van der Waals surface area contributed by atoms with Crippen molar-refractivity contribution in [2.75, 3.05) is 18.4 Å². The van der Waals surface area contributed by atoms with E-state index in [9.17, 15) is 4.79 Å². The molecule has 38 heavy (non-hydrogen) atoms. The summed E-state index contributed by atoms with van der Waals surface area (Å²) in [6.07, 6.45) is 4.54. The zero-order chi connectivity index (χ0) is 25.6. The predicted octanol–water partition coefficient (Wildman–Crippen LogP) is 6.60. The minimum Gasteiger partial charge on any atom is -0.480 e. The molecule has 0 unspecified atom stereocenters. The van der Waals surface area contributed by atoms with Crippen LogP contribution in [0.25, 0.3) is 33.2 Å². The highest BCUT2D eigenvalue weighted by Crippen LogP contribution is 2.36. The summed E-state index contributed by atoms with van der Waals surface area (Å²) >= 11 is 1.43. The Labute approximate surface area is 224 Å². The molecule has 3 aromatic carbocycles. The maximum absolute atomic E-state index is 13.5. The van der Waals surface area contributed by atoms with E-state index in [1.54, 1.807) is 7.11 Å². The van der Waals surface area contributed by atoms with E-state index in [2.05, 4.69) is 57.2 Å². The Hall–Kier alpha value is -4.36. The van der Waals surface area contributed by atoms with Gasteiger partial charge in [0, 0.05) is 46.9 Å². The van der Waals surface area contributed by atoms with Gasteiger partial charge in [0.05, 0.1) is 12.6 Å². The van der Waals surface area contributed by atoms with Gasteiger partial charge >= 0.3 is 0 Å². The molecule has 7 rings (SSSR count). The van der Waals surface area contributed by atoms with E-state index in [1.807, 2.05) is 47.6 Å². The minimum absolute atomic E-state index is 0.0462. The Bertz CT molecular complexity index is 1740. The van der Waals surface area contributed by atoms with Crippen LogP contribution >= 0.6 is 11.9 Å². The first-order valence-electron chi connectivity index (χ1n) is 12.5. The fraction of sp³-hybridized carbons (Fsp3) is 0.129. The number of methoxy groups -OCH3 is 1. The number of hydrogen-bond acceptors (Lipinski definition) is 6. The summed E-state index contributed by atoms with van der Waals surface area (Å²) in [4.78, 5) is 25.6. The first kappa shape index (κ1) is 22.8. The summed E-state index contributed by atoms with van der Waals surface area (Å²) in [6, 6.07) is 24.8. The number of anilines is 1. The molecule has 7 heteroatoms. The van der Waals surface area contributed by atoms with Crippen LogP contribution in [0.2, 0.25) is 0 Å². The number of benzene rings is 3. The molecule has 2 aliphatic heterocycles. The van der Waals surface area contributed by atoms with Crippen LogP contribution in [0, 0.1) is 0 Å². The average molecular weight is 517 g/mol. The molecule has 0 fully saturated rings. The van der Waals surface area contributed by atoms with Crippen LogP contribution in [-0.4, -0.2) is 34.4 Å². The summed E-state index contributed by atoms with van der Waals surface area (Å²) < 4.78 is 8.93. The van der Waals surface area contributed by atoms with Crippen molar-refractivity contribution in [2.24, 2.45) is 0 Å². The second kappa shape index (κ2) is 9.19. The molecule has 0 atom stereocenters. The van der Waals surface area contributed by atoms with Crippen LogP contribution < -0.4 is 9.46 Å². The number of carbonyl (C=O) groups excluding carboxylic acids is 1. The molecule has 2 aliphatic rings. The highest BCUT2D eigenvalue weighted by atomic mass is 32.2. The highest BCUT2D eigenvalue weighted by molar-refractivity contribution is 8.00. The third-order valence-electron chi connectivity index (χ3n) is 7.30. The van der Waals surface area contributed by atoms with Gasteiger partial charge in [-0.15, -0.1) is 0 Å². The van der Waals surface area contributed by atoms with Gasteiger partial charge in [0.15, 0.2) is 0 Å². The zero-order valence-electron chi connectivity index (χ0n) is 20.8. The summed E-state index contributed by atoms with van der Waals surface area (Å²) in [7, 11) is 1.61. The maximum atomic E-state index is 13.5. The lowest BCUT2D eigenvalue weighted by molar-refractivity contribution is 0.0734. The lowest BCUT2D eigenvalue weighted by atomic mass is 9.92. The van der Waals surface area contributed by atoms with Crippen LogP contribution in [0.1, 0.15) is 21.5 Å². The maximum Gasteiger partial charge on any atom is 0.254 e. The van der Waals surface area contributed by atoms with E-state index < -0.39 is 0 Å². The molecule has 9 bridgehead atoms. The third kappa shape index (κ3) is 3.96. The van der Waals surface area contributed by atoms with E-state index in [0.29, 0.717) is 24.5 Å². The molecule has 186 valence electrons. The SMILES string of the molecule is COc1ncc2cc1NSc1cccc(c1)C(=O)N1CCc3ccc(cc3C1)-c1ccnc3ccc-2cc13. The van der Waals surface area contributed by atoms with Crippen LogP contribution in [0.15, 0.2) is 90.1 Å². The van der Waals surface area contributed by atoms with E-state index >= 15 is 0 Å². The van der Waals surface area contributed by atoms with Gasteiger partial charge in [-0.05, 0) is 94.7 Å². The molecule has 0 spiro atoms. The quantitative estimate of drug-likeness (QED) is 0.253. The number of rotatable bonds is 1. The number of nitrogens with zero attached hydrogens (tertiary/aromatic N) is 3. The van der Waals surface area contributed by atoms with Crippen molar-refractivity contribution in [3.8, 4) is 28.1 Å². The van der Waals surface area contributed by atoms with E-state index in [0.717, 1.165) is 50.2 Å². The van der Waals surface area contributed by atoms with Crippen molar-refractivity contribution < 1.29 is 9.53 Å². The van der Waals surface area contributed by atoms with Gasteiger partial charge in [0.2, 0.25) is 5.88 Å². The van der Waals surface area contributed by atoms with Gasteiger partial charge in [-0.2, -0.15) is 0 Å². The number of aromatic nitrogens is 2. The number of ether oxygens (including phenoxy) is 1. The van der Waals surface area contributed by atoms with Gasteiger partial charge in [0.25, 0.3) is 5.91 Å². The molecule has 6 nitrogen and oxygen atoms in total. The van der Waals surface area contributed by atoms with Gasteiger partial charge in [-0.25, -0.2) is 4.98 Å². The fourth-order valence-electron chi connectivity index (χ4n) is 5.31. The van der Waals surface area contributed by atoms with Crippen molar-refractivity contribution in [2.45, 2.75) is 17.9 Å². The first-order valence-corrected chi connectivity index (χ1v) is 13.4. The molecule has 0 saturated heterocycles. The summed E-state index contributed by atoms with van der Waals surface area (Å²) in [6.45, 7) is 1.30. The lowest BCUT2D eigenvalue weighted by Gasteiger charge is -2.29. The Morgan fingerprint density at radius 2 is 1.82 bits per heavy atom. The Kier molecular flexibility index (Phi) is 5.51. The lowest BCUT2D eigenvalue weighted by Crippen LogP contribution is -2.36. The van der Waals surface area contributed by atoms with Crippen molar-refractivity contribution >= 4 is 34.4 Å². The largest absolute Gasteiger partial charge is 0.480 e. The van der Waals surface area contributed by atoms with Crippen molar-refractivity contribution in [3.05, 3.63) is 102 Å². The average Bonchev–Trinajstić information content (AvgIpc) is 2.98. The smallest absolute Gasteiger partial charge is 0.254 e. The number of nitrogens with one attached hydrogen (secondary N) is 1. The van der Waals surface area contributed by atoms with E-state index in [4.69, 9.17) is 4.74 Å². The van der Waals surface area contributed by atoms with Gasteiger partial charge in [0.1, 0.15) is 5.69 Å². The molecular formula is C31H24N4O2S. The molecule has 4 heterocycles. The molecule has 1 N–H and O–H groups in total. The molecule has 1 amide bonds. The first-order chi connectivity index (χ1) is 18.7. The molecule has 5 aromatic rings. The van der Waals surface area contributed by atoms with Gasteiger partial charge in [-0.1, -0.05) is 24.3 Å². The Morgan fingerprint density at radius 1 is 0.895 bits per heavy atom. The number of hydrogen-bond donors (Lipinski definition) is 1. The molecular weight excluding hydrogens is 492 g/mol. The summed E-state index contributed by atoms with van der Waals surface area (Å²) in [5.41, 5.74) is 9.13. The second-order valence-electron chi connectivity index (χ2n) is 9.56. The zero-order valence-corrected chi connectivity index (χ0v) is 21.6. The number of pyridine rings is 2. The molecule has 0 saturated carbocycles. The normalized spacial score (nSPS) is 14.2.